The first-order chi connectivity index (χ1) is 6.06. The zero-order valence-corrected chi connectivity index (χ0v) is 9.42. The van der Waals surface area contributed by atoms with Crippen molar-refractivity contribution >= 4 is 0 Å². The Morgan fingerprint density at radius 2 is 1.85 bits per heavy atom. The van der Waals surface area contributed by atoms with Crippen molar-refractivity contribution in [3.63, 3.8) is 0 Å². The summed E-state index contributed by atoms with van der Waals surface area (Å²) in [6.45, 7) is 8.99. The van der Waals surface area contributed by atoms with Gasteiger partial charge in [0, 0.05) is 0 Å². The van der Waals surface area contributed by atoms with Gasteiger partial charge in [-0.2, -0.15) is 0 Å². The van der Waals surface area contributed by atoms with E-state index in [4.69, 9.17) is 4.74 Å². The van der Waals surface area contributed by atoms with Gasteiger partial charge < -0.3 is 9.84 Å². The lowest BCUT2D eigenvalue weighted by atomic mass is 10.1. The molecule has 2 atom stereocenters. The summed E-state index contributed by atoms with van der Waals surface area (Å²) in [6.07, 6.45) is 2.92. The largest absolute Gasteiger partial charge is 0.391 e. The number of hydrogen-bond acceptors (Lipinski definition) is 2. The molecule has 0 spiro atoms. The van der Waals surface area contributed by atoms with Crippen LogP contribution in [0.5, 0.6) is 0 Å². The van der Waals surface area contributed by atoms with Gasteiger partial charge in [0.1, 0.15) is 0 Å². The molecule has 0 aromatic heterocycles. The maximum Gasteiger partial charge on any atom is 0.0773 e. The van der Waals surface area contributed by atoms with E-state index in [9.17, 15) is 5.11 Å². The van der Waals surface area contributed by atoms with E-state index >= 15 is 0 Å². The van der Waals surface area contributed by atoms with Crippen LogP contribution in [0.15, 0.2) is 0 Å². The molecule has 2 nitrogen and oxygen atoms in total. The molecule has 0 radical (unpaired) electrons. The summed E-state index contributed by atoms with van der Waals surface area (Å²) in [6, 6.07) is 0. The van der Waals surface area contributed by atoms with E-state index in [1.165, 1.54) is 0 Å². The molecule has 0 aliphatic rings. The molecule has 2 heteroatoms. The third-order valence-electron chi connectivity index (χ3n) is 2.00. The third-order valence-corrected chi connectivity index (χ3v) is 2.00. The zero-order valence-electron chi connectivity index (χ0n) is 9.42. The van der Waals surface area contributed by atoms with Gasteiger partial charge in [-0.05, 0) is 25.7 Å². The summed E-state index contributed by atoms with van der Waals surface area (Å²) < 4.78 is 5.52. The zero-order chi connectivity index (χ0) is 10.3. The number of rotatable bonds is 7. The van der Waals surface area contributed by atoms with E-state index in [2.05, 4.69) is 27.7 Å². The second kappa shape index (κ2) is 7.34. The molecule has 0 amide bonds. The van der Waals surface area contributed by atoms with Gasteiger partial charge in [0.15, 0.2) is 0 Å². The lowest BCUT2D eigenvalue weighted by Crippen LogP contribution is -2.20. The molecule has 13 heavy (non-hydrogen) atoms. The Morgan fingerprint density at radius 3 is 2.31 bits per heavy atom. The van der Waals surface area contributed by atoms with Gasteiger partial charge in [0.25, 0.3) is 0 Å². The highest BCUT2D eigenvalue weighted by Gasteiger charge is 2.08. The molecular weight excluding hydrogens is 164 g/mol. The monoisotopic (exact) mass is 188 g/mol. The fourth-order valence-corrected chi connectivity index (χ4v) is 1.42. The molecule has 80 valence electrons. The molecule has 1 N–H and O–H groups in total. The van der Waals surface area contributed by atoms with Crippen LogP contribution in [0.25, 0.3) is 0 Å². The summed E-state index contributed by atoms with van der Waals surface area (Å²) in [7, 11) is 0. The van der Waals surface area contributed by atoms with Crippen molar-refractivity contribution in [3.8, 4) is 0 Å². The molecule has 0 aliphatic heterocycles. The summed E-state index contributed by atoms with van der Waals surface area (Å²) in [5.41, 5.74) is 0. The Balaban J connectivity index is 3.40. The molecule has 0 fully saturated rings. The third kappa shape index (κ3) is 8.26. The Kier molecular flexibility index (Phi) is 7.29. The highest BCUT2D eigenvalue weighted by Crippen LogP contribution is 2.08. The second-order valence-corrected chi connectivity index (χ2v) is 4.22. The summed E-state index contributed by atoms with van der Waals surface area (Å²) >= 11 is 0. The fraction of sp³-hybridized carbons (Fsp3) is 1.00. The lowest BCUT2D eigenvalue weighted by Gasteiger charge is -2.17. The van der Waals surface area contributed by atoms with Gasteiger partial charge in [0.05, 0.1) is 18.8 Å². The van der Waals surface area contributed by atoms with Gasteiger partial charge in [-0.1, -0.05) is 27.2 Å². The van der Waals surface area contributed by atoms with E-state index < -0.39 is 0 Å². The highest BCUT2D eigenvalue weighted by molar-refractivity contribution is 4.57. The molecule has 0 aromatic rings. The molecule has 0 rings (SSSR count). The first-order valence-electron chi connectivity index (χ1n) is 5.35. The van der Waals surface area contributed by atoms with E-state index in [-0.39, 0.29) is 12.2 Å². The predicted molar refractivity (Wildman–Crippen MR) is 55.8 cm³/mol. The molecule has 0 saturated heterocycles. The minimum absolute atomic E-state index is 0.270. The van der Waals surface area contributed by atoms with Gasteiger partial charge >= 0.3 is 0 Å². The Labute approximate surface area is 82.3 Å². The highest BCUT2D eigenvalue weighted by atomic mass is 16.5. The Hall–Kier alpha value is -0.0800. The van der Waals surface area contributed by atoms with Crippen LogP contribution < -0.4 is 0 Å². The minimum Gasteiger partial charge on any atom is -0.391 e. The molecule has 0 aromatic carbocycles. The first-order valence-corrected chi connectivity index (χ1v) is 5.35. The maximum absolute atomic E-state index is 9.41. The van der Waals surface area contributed by atoms with Crippen LogP contribution in [0.2, 0.25) is 0 Å². The van der Waals surface area contributed by atoms with Crippen LogP contribution in [0.1, 0.15) is 47.0 Å². The van der Waals surface area contributed by atoms with Crippen molar-refractivity contribution in [2.24, 2.45) is 5.92 Å². The molecule has 0 heterocycles. The van der Waals surface area contributed by atoms with Gasteiger partial charge in [0.2, 0.25) is 0 Å². The predicted octanol–water partition coefficient (Wildman–Crippen LogP) is 2.60. The minimum atomic E-state index is -0.278. The quantitative estimate of drug-likeness (QED) is 0.665. The summed E-state index contributed by atoms with van der Waals surface area (Å²) in [4.78, 5) is 0. The van der Waals surface area contributed by atoms with Crippen LogP contribution in [0.4, 0.5) is 0 Å². The van der Waals surface area contributed by atoms with Crippen molar-refractivity contribution in [2.75, 3.05) is 6.61 Å². The Bertz CT molecular complexity index is 113. The number of aliphatic hydroxyl groups excluding tert-OH is 1. The second-order valence-electron chi connectivity index (χ2n) is 4.22. The van der Waals surface area contributed by atoms with E-state index in [1.807, 2.05) is 0 Å². The SMILES string of the molecule is CCCC(O)COC(C)CC(C)C. The maximum atomic E-state index is 9.41. The van der Waals surface area contributed by atoms with Crippen LogP contribution in [0.3, 0.4) is 0 Å². The first kappa shape index (κ1) is 12.9. The van der Waals surface area contributed by atoms with Gasteiger partial charge in [-0.25, -0.2) is 0 Å². The van der Waals surface area contributed by atoms with E-state index in [0.29, 0.717) is 12.5 Å². The molecule has 0 bridgehead atoms. The van der Waals surface area contributed by atoms with Gasteiger partial charge in [-0.15, -0.1) is 0 Å². The summed E-state index contributed by atoms with van der Waals surface area (Å²) in [5.74, 6) is 0.665. The molecule has 0 aliphatic carbocycles. The normalized spacial score (nSPS) is 16.2. The number of aliphatic hydroxyl groups is 1. The molecule has 0 saturated carbocycles. The van der Waals surface area contributed by atoms with Crippen molar-refractivity contribution in [1.82, 2.24) is 0 Å². The van der Waals surface area contributed by atoms with Gasteiger partial charge in [-0.3, -0.25) is 0 Å². The topological polar surface area (TPSA) is 29.5 Å². The van der Waals surface area contributed by atoms with Crippen molar-refractivity contribution in [3.05, 3.63) is 0 Å². The number of ether oxygens (including phenoxy) is 1. The van der Waals surface area contributed by atoms with E-state index in [1.54, 1.807) is 0 Å². The smallest absolute Gasteiger partial charge is 0.0773 e. The van der Waals surface area contributed by atoms with Crippen LogP contribution in [-0.2, 0) is 4.74 Å². The lowest BCUT2D eigenvalue weighted by molar-refractivity contribution is -0.0119. The standard InChI is InChI=1S/C11H24O2/c1-5-6-11(12)8-13-10(4)7-9(2)3/h9-12H,5-8H2,1-4H3. The van der Waals surface area contributed by atoms with Crippen LogP contribution >= 0.6 is 0 Å². The van der Waals surface area contributed by atoms with Crippen molar-refractivity contribution in [1.29, 1.82) is 0 Å². The average Bonchev–Trinajstić information content (AvgIpc) is 2.00. The average molecular weight is 188 g/mol. The van der Waals surface area contributed by atoms with Crippen LogP contribution in [-0.4, -0.2) is 23.9 Å². The van der Waals surface area contributed by atoms with Crippen molar-refractivity contribution < 1.29 is 9.84 Å². The fourth-order valence-electron chi connectivity index (χ4n) is 1.42. The van der Waals surface area contributed by atoms with E-state index in [0.717, 1.165) is 19.3 Å². The number of hydrogen-bond donors (Lipinski definition) is 1. The Morgan fingerprint density at radius 1 is 1.23 bits per heavy atom. The molecular formula is C11H24O2. The molecule has 2 unspecified atom stereocenters. The summed E-state index contributed by atoms with van der Waals surface area (Å²) in [5, 5.41) is 9.41. The van der Waals surface area contributed by atoms with Crippen molar-refractivity contribution in [2.45, 2.75) is 59.2 Å². The van der Waals surface area contributed by atoms with Crippen LogP contribution in [0, 0.1) is 5.92 Å².